The molecule has 4 rings (SSSR count). The number of rotatable bonds is 3. The van der Waals surface area contributed by atoms with E-state index in [1.807, 2.05) is 0 Å². The van der Waals surface area contributed by atoms with Gasteiger partial charge in [-0.05, 0) is 31.0 Å². The van der Waals surface area contributed by atoms with Gasteiger partial charge in [0.1, 0.15) is 5.69 Å². The second-order valence-electron chi connectivity index (χ2n) is 7.25. The molecule has 3 aromatic heterocycles. The van der Waals surface area contributed by atoms with Crippen molar-refractivity contribution >= 4 is 5.91 Å². The number of amides is 1. The molecule has 32 heavy (non-hydrogen) atoms. The Hall–Kier alpha value is -3.45. The van der Waals surface area contributed by atoms with Crippen molar-refractivity contribution in [3.63, 3.8) is 0 Å². The number of nitrogens with one attached hydrogen (secondary N) is 1. The van der Waals surface area contributed by atoms with Gasteiger partial charge < -0.3 is 5.32 Å². The van der Waals surface area contributed by atoms with Crippen LogP contribution in [0.4, 0.5) is 26.3 Å². The third-order valence-corrected chi connectivity index (χ3v) is 4.99. The maximum atomic E-state index is 13.0. The lowest BCUT2D eigenvalue weighted by Crippen LogP contribution is -2.29. The molecular formula is C18H15F6N7O. The van der Waals surface area contributed by atoms with E-state index in [1.165, 1.54) is 17.8 Å². The lowest BCUT2D eigenvalue weighted by Gasteiger charge is -2.11. The first-order valence-corrected chi connectivity index (χ1v) is 9.25. The lowest BCUT2D eigenvalue weighted by molar-refractivity contribution is -0.145. The molecule has 0 bridgehead atoms. The molecule has 0 fully saturated rings. The first-order chi connectivity index (χ1) is 14.8. The standard InChI is InChI=1S/C18H15F6N7O/c1-8-7-25-13(17(19,20)21)5-9(8)11-6-12-10(3-4-31(12)28-11)26-15(32)14-27-16(18(22,23)24)29-30(14)2/h5-7,10H,3-4H2,1-2H3,(H,26,32). The summed E-state index contributed by atoms with van der Waals surface area (Å²) in [6.45, 7) is 1.96. The first kappa shape index (κ1) is 21.8. The minimum absolute atomic E-state index is 0.238. The number of carbonyl (C=O) groups excluding carboxylic acids is 1. The largest absolute Gasteiger partial charge is 0.453 e. The van der Waals surface area contributed by atoms with Crippen molar-refractivity contribution in [2.75, 3.05) is 0 Å². The molecule has 0 saturated carbocycles. The number of hydrogen-bond donors (Lipinski definition) is 1. The van der Waals surface area contributed by atoms with E-state index in [9.17, 15) is 31.1 Å². The van der Waals surface area contributed by atoms with Crippen LogP contribution in [0, 0.1) is 6.92 Å². The molecule has 1 amide bonds. The van der Waals surface area contributed by atoms with Gasteiger partial charge in [0.25, 0.3) is 11.7 Å². The predicted molar refractivity (Wildman–Crippen MR) is 96.0 cm³/mol. The molecule has 4 heterocycles. The number of halogens is 6. The number of fused-ring (bicyclic) bond motifs is 1. The molecule has 1 aliphatic heterocycles. The molecule has 3 aromatic rings. The number of aromatic nitrogens is 6. The highest BCUT2D eigenvalue weighted by Gasteiger charge is 2.38. The fraction of sp³-hybridized carbons (Fsp3) is 0.389. The molecule has 0 spiro atoms. The third kappa shape index (κ3) is 3.91. The highest BCUT2D eigenvalue weighted by molar-refractivity contribution is 5.91. The van der Waals surface area contributed by atoms with E-state index in [0.29, 0.717) is 24.2 Å². The second-order valence-corrected chi connectivity index (χ2v) is 7.25. The molecule has 0 aliphatic carbocycles. The van der Waals surface area contributed by atoms with Crippen molar-refractivity contribution in [1.82, 2.24) is 34.8 Å². The zero-order valence-electron chi connectivity index (χ0n) is 16.6. The first-order valence-electron chi connectivity index (χ1n) is 9.25. The Kier molecular flexibility index (Phi) is 4.97. The Balaban J connectivity index is 1.59. The van der Waals surface area contributed by atoms with Crippen LogP contribution in [0.15, 0.2) is 18.3 Å². The predicted octanol–water partition coefficient (Wildman–Crippen LogP) is 3.29. The van der Waals surface area contributed by atoms with Crippen LogP contribution >= 0.6 is 0 Å². The number of alkyl halides is 6. The maximum Gasteiger partial charge on any atom is 0.453 e. The summed E-state index contributed by atoms with van der Waals surface area (Å²) in [7, 11) is 1.17. The van der Waals surface area contributed by atoms with Gasteiger partial charge in [0.05, 0.1) is 17.4 Å². The van der Waals surface area contributed by atoms with E-state index < -0.39 is 41.6 Å². The highest BCUT2D eigenvalue weighted by Crippen LogP contribution is 2.34. The van der Waals surface area contributed by atoms with Crippen LogP contribution in [-0.2, 0) is 25.9 Å². The van der Waals surface area contributed by atoms with Crippen molar-refractivity contribution in [2.24, 2.45) is 7.05 Å². The van der Waals surface area contributed by atoms with Gasteiger partial charge in [-0.25, -0.2) is 4.68 Å². The van der Waals surface area contributed by atoms with Gasteiger partial charge in [-0.3, -0.25) is 14.5 Å². The Labute approximate surface area is 176 Å². The molecule has 0 radical (unpaired) electrons. The van der Waals surface area contributed by atoms with Crippen molar-refractivity contribution in [2.45, 2.75) is 38.3 Å². The average Bonchev–Trinajstić information content (AvgIpc) is 3.36. The summed E-state index contributed by atoms with van der Waals surface area (Å²) in [5.74, 6) is -2.82. The summed E-state index contributed by atoms with van der Waals surface area (Å²) in [5.41, 5.74) is 0.439. The summed E-state index contributed by atoms with van der Waals surface area (Å²) in [4.78, 5) is 19.2. The molecule has 14 heteroatoms. The highest BCUT2D eigenvalue weighted by atomic mass is 19.4. The fourth-order valence-electron chi connectivity index (χ4n) is 3.45. The normalized spacial score (nSPS) is 16.3. The summed E-state index contributed by atoms with van der Waals surface area (Å²) >= 11 is 0. The molecule has 1 aliphatic rings. The fourth-order valence-corrected chi connectivity index (χ4v) is 3.45. The van der Waals surface area contributed by atoms with Crippen molar-refractivity contribution in [3.05, 3.63) is 46.9 Å². The molecule has 1 unspecified atom stereocenters. The molecule has 1 atom stereocenters. The number of carbonyl (C=O) groups is 1. The second kappa shape index (κ2) is 7.31. The van der Waals surface area contributed by atoms with Crippen LogP contribution in [0.25, 0.3) is 11.3 Å². The number of pyridine rings is 1. The minimum atomic E-state index is -4.80. The summed E-state index contributed by atoms with van der Waals surface area (Å²) in [6, 6.07) is 1.83. The Bertz CT molecular complexity index is 1190. The van der Waals surface area contributed by atoms with Gasteiger partial charge in [0.15, 0.2) is 0 Å². The Morgan fingerprint density at radius 2 is 1.84 bits per heavy atom. The maximum absolute atomic E-state index is 13.0. The van der Waals surface area contributed by atoms with Gasteiger partial charge >= 0.3 is 12.4 Å². The van der Waals surface area contributed by atoms with E-state index >= 15 is 0 Å². The molecular weight excluding hydrogens is 444 g/mol. The van der Waals surface area contributed by atoms with E-state index in [2.05, 4.69) is 25.5 Å². The van der Waals surface area contributed by atoms with E-state index in [-0.39, 0.29) is 11.3 Å². The Morgan fingerprint density at radius 3 is 2.47 bits per heavy atom. The van der Waals surface area contributed by atoms with Crippen molar-refractivity contribution < 1.29 is 31.1 Å². The average molecular weight is 459 g/mol. The van der Waals surface area contributed by atoms with Gasteiger partial charge in [-0.2, -0.15) is 36.4 Å². The Morgan fingerprint density at radius 1 is 1.12 bits per heavy atom. The third-order valence-electron chi connectivity index (χ3n) is 4.99. The van der Waals surface area contributed by atoms with Crippen LogP contribution in [0.2, 0.25) is 0 Å². The summed E-state index contributed by atoms with van der Waals surface area (Å²) in [6.07, 6.45) is -7.91. The molecule has 0 saturated heterocycles. The zero-order chi connectivity index (χ0) is 23.4. The van der Waals surface area contributed by atoms with Crippen LogP contribution in [0.5, 0.6) is 0 Å². The molecule has 8 nitrogen and oxygen atoms in total. The zero-order valence-corrected chi connectivity index (χ0v) is 16.6. The van der Waals surface area contributed by atoms with E-state index in [4.69, 9.17) is 0 Å². The van der Waals surface area contributed by atoms with Crippen LogP contribution in [0.1, 0.15) is 45.9 Å². The quantitative estimate of drug-likeness (QED) is 0.607. The molecule has 170 valence electrons. The lowest BCUT2D eigenvalue weighted by atomic mass is 10.1. The summed E-state index contributed by atoms with van der Waals surface area (Å²) < 4.78 is 79.7. The van der Waals surface area contributed by atoms with Crippen molar-refractivity contribution in [3.8, 4) is 11.3 Å². The van der Waals surface area contributed by atoms with Crippen LogP contribution in [0.3, 0.4) is 0 Å². The van der Waals surface area contributed by atoms with Crippen LogP contribution in [-0.4, -0.2) is 35.4 Å². The monoisotopic (exact) mass is 459 g/mol. The van der Waals surface area contributed by atoms with E-state index in [0.717, 1.165) is 16.9 Å². The smallest absolute Gasteiger partial charge is 0.341 e. The van der Waals surface area contributed by atoms with Gasteiger partial charge in [-0.15, -0.1) is 5.10 Å². The van der Waals surface area contributed by atoms with Gasteiger partial charge in [0, 0.05) is 25.4 Å². The van der Waals surface area contributed by atoms with Crippen molar-refractivity contribution in [1.29, 1.82) is 0 Å². The number of aryl methyl sites for hydroxylation is 3. The molecule has 1 N–H and O–H groups in total. The summed E-state index contributed by atoms with van der Waals surface area (Å²) in [5, 5.41) is 10.1. The van der Waals surface area contributed by atoms with Crippen LogP contribution < -0.4 is 5.32 Å². The number of hydrogen-bond acceptors (Lipinski definition) is 5. The molecule has 0 aromatic carbocycles. The van der Waals surface area contributed by atoms with Gasteiger partial charge in [0.2, 0.25) is 5.82 Å². The van der Waals surface area contributed by atoms with Gasteiger partial charge in [-0.1, -0.05) is 0 Å². The SMILES string of the molecule is Cc1cnc(C(F)(F)F)cc1-c1cc2n(n1)CCC2NC(=O)c1nc(C(F)(F)F)nn1C. The number of nitrogens with zero attached hydrogens (tertiary/aromatic N) is 6. The van der Waals surface area contributed by atoms with E-state index in [1.54, 1.807) is 6.92 Å². The topological polar surface area (TPSA) is 90.5 Å². The minimum Gasteiger partial charge on any atom is -0.341 e.